The predicted octanol–water partition coefficient (Wildman–Crippen LogP) is 8.48. The first kappa shape index (κ1) is 24.2. The van der Waals surface area contributed by atoms with E-state index in [9.17, 15) is 4.79 Å². The van der Waals surface area contributed by atoms with Gasteiger partial charge in [0.05, 0.1) is 22.2 Å². The van der Waals surface area contributed by atoms with E-state index < -0.39 is 0 Å². The van der Waals surface area contributed by atoms with Crippen molar-refractivity contribution in [2.75, 3.05) is 5.01 Å². The summed E-state index contributed by atoms with van der Waals surface area (Å²) in [6.45, 7) is 0. The van der Waals surface area contributed by atoms with E-state index in [-0.39, 0.29) is 17.6 Å². The summed E-state index contributed by atoms with van der Waals surface area (Å²) in [5, 5.41) is 8.94. The fraction of sp³-hybridized carbons (Fsp3) is 0.156. The second-order valence-corrected chi connectivity index (χ2v) is 11.8. The van der Waals surface area contributed by atoms with Crippen LogP contribution in [0.1, 0.15) is 36.4 Å². The van der Waals surface area contributed by atoms with Gasteiger partial charge in [-0.05, 0) is 66.3 Å². The minimum atomic E-state index is -0.367. The van der Waals surface area contributed by atoms with Crippen molar-refractivity contribution in [2.24, 2.45) is 11.0 Å². The first-order chi connectivity index (χ1) is 19.1. The highest BCUT2D eigenvalue weighted by molar-refractivity contribution is 9.10. The summed E-state index contributed by atoms with van der Waals surface area (Å²) in [5.74, 6) is 0.270. The lowest BCUT2D eigenvalue weighted by Gasteiger charge is -2.29. The molecule has 0 saturated heterocycles. The first-order valence-corrected chi connectivity index (χ1v) is 14.6. The largest absolute Gasteiger partial charge is 0.422 e. The smallest absolute Gasteiger partial charge is 0.345 e. The van der Waals surface area contributed by atoms with Gasteiger partial charge in [-0.3, -0.25) is 0 Å². The summed E-state index contributed by atoms with van der Waals surface area (Å²) >= 11 is 4.99. The van der Waals surface area contributed by atoms with E-state index in [4.69, 9.17) is 14.5 Å². The number of fused-ring (bicyclic) bond motifs is 2. The van der Waals surface area contributed by atoms with Gasteiger partial charge in [-0.25, -0.2) is 14.8 Å². The minimum absolute atomic E-state index is 0.0450. The van der Waals surface area contributed by atoms with Crippen molar-refractivity contribution in [2.45, 2.75) is 25.3 Å². The zero-order valence-corrected chi connectivity index (χ0v) is 23.4. The highest BCUT2D eigenvalue weighted by atomic mass is 79.9. The van der Waals surface area contributed by atoms with Crippen molar-refractivity contribution in [3.8, 4) is 10.4 Å². The topological polar surface area (TPSA) is 58.7 Å². The number of hydrogen-bond donors (Lipinski definition) is 0. The molecule has 2 atom stereocenters. The van der Waals surface area contributed by atoms with E-state index in [0.29, 0.717) is 11.1 Å². The zero-order chi connectivity index (χ0) is 26.3. The zero-order valence-electron chi connectivity index (χ0n) is 21.0. The Kier molecular flexibility index (Phi) is 6.25. The Morgan fingerprint density at radius 1 is 1.00 bits per heavy atom. The molecule has 0 unspecified atom stereocenters. The average molecular weight is 595 g/mol. The molecule has 1 aliphatic heterocycles. The maximum absolute atomic E-state index is 12.9. The number of aromatic nitrogens is 1. The molecule has 1 fully saturated rings. The molecule has 5 aromatic rings. The van der Waals surface area contributed by atoms with Crippen molar-refractivity contribution >= 4 is 55.2 Å². The molecule has 1 saturated carbocycles. The Morgan fingerprint density at radius 2 is 1.79 bits per heavy atom. The van der Waals surface area contributed by atoms with Gasteiger partial charge in [0.2, 0.25) is 5.13 Å². The number of benzene rings is 3. The number of hydrazone groups is 1. The number of rotatable bonds is 4. The van der Waals surface area contributed by atoms with Crippen molar-refractivity contribution in [3.05, 3.63) is 123 Å². The van der Waals surface area contributed by atoms with Gasteiger partial charge >= 0.3 is 5.63 Å². The van der Waals surface area contributed by atoms with Crippen molar-refractivity contribution in [3.63, 3.8) is 0 Å². The normalized spacial score (nSPS) is 19.9. The Balaban J connectivity index is 1.32. The molecule has 2 aromatic heterocycles. The van der Waals surface area contributed by atoms with E-state index in [1.165, 1.54) is 28.0 Å². The average Bonchev–Trinajstić information content (AvgIpc) is 3.60. The number of allylic oxidation sites excluding steroid dienone is 1. The standard InChI is InChI=1S/C32H24BrN3O2S/c33-24-14-15-27-23(17-24)18-26(31(37)38-27)28-19-34-32(39-28)36-30(21-10-5-2-6-11-21)25-13-7-12-22(29(25)35-36)16-20-8-3-1-4-9-20/h1-6,8-11,14-19,25,30H,7,12-13H2/b22-16+/t25-,30-/m0/s1. The third kappa shape index (κ3) is 4.56. The second-order valence-electron chi connectivity index (χ2n) is 9.90. The molecule has 39 heavy (non-hydrogen) atoms. The van der Waals surface area contributed by atoms with Crippen LogP contribution in [-0.4, -0.2) is 10.7 Å². The second kappa shape index (κ2) is 10.1. The molecule has 192 valence electrons. The van der Waals surface area contributed by atoms with Crippen LogP contribution in [-0.2, 0) is 0 Å². The molecule has 5 nitrogen and oxygen atoms in total. The van der Waals surface area contributed by atoms with Gasteiger partial charge in [0.15, 0.2) is 0 Å². The van der Waals surface area contributed by atoms with Crippen LogP contribution in [0, 0.1) is 5.92 Å². The summed E-state index contributed by atoms with van der Waals surface area (Å²) in [4.78, 5) is 18.5. The number of hydrogen-bond acceptors (Lipinski definition) is 6. The molecule has 0 amide bonds. The number of thiazole rings is 1. The number of nitrogens with zero attached hydrogens (tertiary/aromatic N) is 3. The van der Waals surface area contributed by atoms with Gasteiger partial charge in [0.1, 0.15) is 5.58 Å². The quantitative estimate of drug-likeness (QED) is 0.196. The molecule has 0 spiro atoms. The maximum atomic E-state index is 12.9. The summed E-state index contributed by atoms with van der Waals surface area (Å²) in [5.41, 5.74) is 5.55. The van der Waals surface area contributed by atoms with Crippen LogP contribution in [0.3, 0.4) is 0 Å². The molecule has 7 heteroatoms. The Morgan fingerprint density at radius 3 is 2.62 bits per heavy atom. The summed E-state index contributed by atoms with van der Waals surface area (Å²) < 4.78 is 6.56. The van der Waals surface area contributed by atoms with Crippen LogP contribution in [0.25, 0.3) is 27.5 Å². The molecule has 1 aliphatic carbocycles. The Labute approximate surface area is 238 Å². The first-order valence-electron chi connectivity index (χ1n) is 13.0. The summed E-state index contributed by atoms with van der Waals surface area (Å²) in [7, 11) is 0. The van der Waals surface area contributed by atoms with Gasteiger partial charge in [-0.2, -0.15) is 5.10 Å². The predicted molar refractivity (Wildman–Crippen MR) is 162 cm³/mol. The third-order valence-electron chi connectivity index (χ3n) is 7.43. The fourth-order valence-electron chi connectivity index (χ4n) is 5.65. The van der Waals surface area contributed by atoms with Crippen molar-refractivity contribution in [1.29, 1.82) is 0 Å². The van der Waals surface area contributed by atoms with Crippen LogP contribution in [0.5, 0.6) is 0 Å². The van der Waals surface area contributed by atoms with Crippen LogP contribution >= 0.6 is 27.3 Å². The van der Waals surface area contributed by atoms with Crippen molar-refractivity contribution < 1.29 is 4.42 Å². The molecule has 0 radical (unpaired) electrons. The molecule has 0 bridgehead atoms. The lowest BCUT2D eigenvalue weighted by molar-refractivity contribution is 0.487. The summed E-state index contributed by atoms with van der Waals surface area (Å²) in [6, 6.07) is 28.6. The van der Waals surface area contributed by atoms with E-state index >= 15 is 0 Å². The van der Waals surface area contributed by atoms with E-state index in [1.807, 2.05) is 30.3 Å². The van der Waals surface area contributed by atoms with E-state index in [1.54, 1.807) is 12.3 Å². The van der Waals surface area contributed by atoms with Gasteiger partial charge in [0.25, 0.3) is 0 Å². The number of halogens is 1. The highest BCUT2D eigenvalue weighted by Crippen LogP contribution is 2.47. The van der Waals surface area contributed by atoms with E-state index in [0.717, 1.165) is 44.8 Å². The molecule has 7 rings (SSSR count). The van der Waals surface area contributed by atoms with Crippen molar-refractivity contribution in [1.82, 2.24) is 4.98 Å². The molecule has 3 aromatic carbocycles. The lowest BCUT2D eigenvalue weighted by atomic mass is 9.77. The van der Waals surface area contributed by atoms with Gasteiger partial charge in [-0.1, -0.05) is 87.9 Å². The number of anilines is 1. The van der Waals surface area contributed by atoms with E-state index in [2.05, 4.69) is 75.5 Å². The highest BCUT2D eigenvalue weighted by Gasteiger charge is 2.42. The molecule has 0 N–H and O–H groups in total. The molecular formula is C32H24BrN3O2S. The molecule has 3 heterocycles. The van der Waals surface area contributed by atoms with Gasteiger partial charge in [0, 0.05) is 22.0 Å². The fourth-order valence-corrected chi connectivity index (χ4v) is 6.94. The van der Waals surface area contributed by atoms with Gasteiger partial charge < -0.3 is 4.42 Å². The Hall–Kier alpha value is -3.81. The van der Waals surface area contributed by atoms with Gasteiger partial charge in [-0.15, -0.1) is 0 Å². The Bertz CT molecular complexity index is 1790. The lowest BCUT2D eigenvalue weighted by Crippen LogP contribution is -2.27. The summed E-state index contributed by atoms with van der Waals surface area (Å²) in [6.07, 6.45) is 7.25. The minimum Gasteiger partial charge on any atom is -0.422 e. The van der Waals surface area contributed by atoms with Crippen LogP contribution < -0.4 is 10.6 Å². The van der Waals surface area contributed by atoms with Crippen LogP contribution in [0.2, 0.25) is 0 Å². The molecular weight excluding hydrogens is 570 g/mol. The monoisotopic (exact) mass is 593 g/mol. The molecule has 2 aliphatic rings. The van der Waals surface area contributed by atoms with Crippen LogP contribution in [0.15, 0.2) is 115 Å². The SMILES string of the molecule is O=c1oc2ccc(Br)cc2cc1-c1cnc(N2N=C3/C(=C/c4ccccc4)CCC[C@@H]3[C@@H]2c2ccccc2)s1. The van der Waals surface area contributed by atoms with Crippen LogP contribution in [0.4, 0.5) is 5.13 Å². The maximum Gasteiger partial charge on any atom is 0.345 e. The third-order valence-corrected chi connectivity index (χ3v) is 8.95.